The van der Waals surface area contributed by atoms with Gasteiger partial charge >= 0.3 is 5.97 Å². The molecule has 0 saturated heterocycles. The first-order chi connectivity index (χ1) is 14.5. The highest BCUT2D eigenvalue weighted by molar-refractivity contribution is 6.30. The minimum absolute atomic E-state index is 0.137. The average molecular weight is 431 g/mol. The molecule has 0 aliphatic carbocycles. The number of hydrogen-bond acceptors (Lipinski definition) is 6. The first kappa shape index (κ1) is 23.0. The van der Waals surface area contributed by atoms with Crippen molar-refractivity contribution in [3.63, 3.8) is 0 Å². The second kappa shape index (κ2) is 11.7. The molecule has 7 nitrogen and oxygen atoms in total. The molecule has 0 radical (unpaired) electrons. The zero-order valence-electron chi connectivity index (χ0n) is 16.9. The van der Waals surface area contributed by atoms with Crippen molar-refractivity contribution in [1.29, 1.82) is 5.26 Å². The van der Waals surface area contributed by atoms with Crippen LogP contribution >= 0.6 is 11.6 Å². The van der Waals surface area contributed by atoms with Gasteiger partial charge in [-0.05, 0) is 36.2 Å². The Bertz CT molecular complexity index is 909. The van der Waals surface area contributed by atoms with E-state index in [1.54, 1.807) is 42.5 Å². The maximum atomic E-state index is 12.7. The maximum Gasteiger partial charge on any atom is 0.325 e. The highest BCUT2D eigenvalue weighted by atomic mass is 35.5. The summed E-state index contributed by atoms with van der Waals surface area (Å²) in [5.41, 5.74) is 1.32. The van der Waals surface area contributed by atoms with Gasteiger partial charge in [0.2, 0.25) is 5.91 Å². The molecule has 8 heteroatoms. The molecule has 0 saturated carbocycles. The number of hydrogen-bond donors (Lipinski definition) is 0. The lowest BCUT2D eigenvalue weighted by Crippen LogP contribution is -2.35. The summed E-state index contributed by atoms with van der Waals surface area (Å²) >= 11 is 5.90. The van der Waals surface area contributed by atoms with Gasteiger partial charge in [-0.1, -0.05) is 23.7 Å². The van der Waals surface area contributed by atoms with Crippen LogP contribution in [-0.4, -0.2) is 44.1 Å². The minimum atomic E-state index is -0.490. The van der Waals surface area contributed by atoms with Crippen LogP contribution in [0, 0.1) is 11.3 Å². The van der Waals surface area contributed by atoms with Gasteiger partial charge in [0.15, 0.2) is 11.5 Å². The van der Waals surface area contributed by atoms with E-state index in [9.17, 15) is 9.59 Å². The van der Waals surface area contributed by atoms with E-state index in [1.165, 1.54) is 19.1 Å². The molecule has 1 amide bonds. The van der Waals surface area contributed by atoms with Crippen molar-refractivity contribution in [2.75, 3.05) is 27.4 Å². The summed E-state index contributed by atoms with van der Waals surface area (Å²) in [4.78, 5) is 25.8. The molecule has 158 valence electrons. The number of carbonyl (C=O) groups excluding carboxylic acids is 2. The Balaban J connectivity index is 1.92. The fourth-order valence-electron chi connectivity index (χ4n) is 2.68. The lowest BCUT2D eigenvalue weighted by atomic mass is 10.2. The Labute approximate surface area is 180 Å². The normalized spacial score (nSPS) is 10.1. The van der Waals surface area contributed by atoms with Crippen molar-refractivity contribution < 1.29 is 23.8 Å². The van der Waals surface area contributed by atoms with Gasteiger partial charge in [-0.3, -0.25) is 9.59 Å². The van der Waals surface area contributed by atoms with Crippen molar-refractivity contribution in [3.8, 4) is 17.6 Å². The zero-order chi connectivity index (χ0) is 21.9. The summed E-state index contributed by atoms with van der Waals surface area (Å²) in [6.45, 7) is 0.415. The minimum Gasteiger partial charge on any atom is -0.493 e. The maximum absolute atomic E-state index is 12.7. The molecule has 2 rings (SSSR count). The van der Waals surface area contributed by atoms with Gasteiger partial charge in [-0.15, -0.1) is 0 Å². The first-order valence-electron chi connectivity index (χ1n) is 9.26. The van der Waals surface area contributed by atoms with Gasteiger partial charge in [-0.2, -0.15) is 5.26 Å². The van der Waals surface area contributed by atoms with Crippen molar-refractivity contribution in [1.82, 2.24) is 4.90 Å². The van der Waals surface area contributed by atoms with E-state index in [4.69, 9.17) is 31.1 Å². The van der Waals surface area contributed by atoms with Crippen LogP contribution in [0.25, 0.3) is 0 Å². The molecule has 0 heterocycles. The number of methoxy groups -OCH3 is 2. The fraction of sp³-hybridized carbons (Fsp3) is 0.318. The Morgan fingerprint density at radius 2 is 1.83 bits per heavy atom. The standard InChI is InChI=1S/C22H23ClN2O5/c1-28-20-12-17(13-24)7-10-19(20)30-11-3-4-21(26)25(15-22(27)29-2)14-16-5-8-18(23)9-6-16/h5-10,12H,3-4,11,14-15H2,1-2H3. The summed E-state index contributed by atoms with van der Waals surface area (Å²) < 4.78 is 15.6. The third kappa shape index (κ3) is 6.98. The van der Waals surface area contributed by atoms with Crippen LogP contribution in [0.15, 0.2) is 42.5 Å². The number of ether oxygens (including phenoxy) is 3. The van der Waals surface area contributed by atoms with Crippen LogP contribution < -0.4 is 9.47 Å². The topological polar surface area (TPSA) is 88.9 Å². The third-order valence-corrected chi connectivity index (χ3v) is 4.52. The Kier molecular flexibility index (Phi) is 8.98. The van der Waals surface area contributed by atoms with Gasteiger partial charge in [0.05, 0.1) is 32.5 Å². The lowest BCUT2D eigenvalue weighted by molar-refractivity contribution is -0.147. The quantitative estimate of drug-likeness (QED) is 0.423. The van der Waals surface area contributed by atoms with Crippen molar-refractivity contribution >= 4 is 23.5 Å². The van der Waals surface area contributed by atoms with E-state index in [0.717, 1.165) is 5.56 Å². The molecule has 0 aromatic heterocycles. The molecule has 2 aromatic carbocycles. The van der Waals surface area contributed by atoms with Gasteiger partial charge in [0.25, 0.3) is 0 Å². The number of nitrogens with zero attached hydrogens (tertiary/aromatic N) is 2. The average Bonchev–Trinajstić information content (AvgIpc) is 2.77. The predicted octanol–water partition coefficient (Wildman–Crippen LogP) is 3.58. The van der Waals surface area contributed by atoms with Crippen LogP contribution in [0.1, 0.15) is 24.0 Å². The Morgan fingerprint density at radius 1 is 1.10 bits per heavy atom. The van der Waals surface area contributed by atoms with Gasteiger partial charge in [0, 0.05) is 24.1 Å². The number of halogens is 1. The second-order valence-corrected chi connectivity index (χ2v) is 6.82. The monoisotopic (exact) mass is 430 g/mol. The van der Waals surface area contributed by atoms with Crippen LogP contribution in [0.2, 0.25) is 5.02 Å². The molecule has 0 bridgehead atoms. The van der Waals surface area contributed by atoms with Crippen LogP contribution in [0.4, 0.5) is 0 Å². The first-order valence-corrected chi connectivity index (χ1v) is 9.64. The number of amides is 1. The van der Waals surface area contributed by atoms with Gasteiger partial charge in [0.1, 0.15) is 6.54 Å². The highest BCUT2D eigenvalue weighted by Gasteiger charge is 2.18. The molecule has 0 fully saturated rings. The number of esters is 1. The summed E-state index contributed by atoms with van der Waals surface area (Å²) in [7, 11) is 2.78. The van der Waals surface area contributed by atoms with E-state index in [0.29, 0.717) is 28.5 Å². The molecule has 0 aliphatic heterocycles. The number of carbonyl (C=O) groups is 2. The Hall–Kier alpha value is -3.24. The zero-order valence-corrected chi connectivity index (χ0v) is 17.6. The molecular formula is C22H23ClN2O5. The molecule has 2 aromatic rings. The van der Waals surface area contributed by atoms with Crippen LogP contribution in [0.5, 0.6) is 11.5 Å². The SMILES string of the molecule is COC(=O)CN(Cc1ccc(Cl)cc1)C(=O)CCCOc1ccc(C#N)cc1OC. The number of benzene rings is 2. The van der Waals surface area contributed by atoms with Crippen LogP contribution in [0.3, 0.4) is 0 Å². The van der Waals surface area contributed by atoms with E-state index >= 15 is 0 Å². The molecule has 0 atom stereocenters. The molecule has 0 spiro atoms. The molecule has 0 unspecified atom stereocenters. The van der Waals surface area contributed by atoms with E-state index < -0.39 is 5.97 Å². The van der Waals surface area contributed by atoms with E-state index in [-0.39, 0.29) is 32.0 Å². The number of rotatable bonds is 10. The predicted molar refractivity (Wildman–Crippen MR) is 111 cm³/mol. The molecule has 30 heavy (non-hydrogen) atoms. The summed E-state index contributed by atoms with van der Waals surface area (Å²) in [6, 6.07) is 14.0. The van der Waals surface area contributed by atoms with E-state index in [2.05, 4.69) is 0 Å². The van der Waals surface area contributed by atoms with Crippen molar-refractivity contribution in [3.05, 3.63) is 58.6 Å². The van der Waals surface area contributed by atoms with Crippen LogP contribution in [-0.2, 0) is 20.9 Å². The van der Waals surface area contributed by atoms with E-state index in [1.807, 2.05) is 6.07 Å². The molecule has 0 N–H and O–H groups in total. The van der Waals surface area contributed by atoms with Gasteiger partial charge < -0.3 is 19.1 Å². The highest BCUT2D eigenvalue weighted by Crippen LogP contribution is 2.28. The van der Waals surface area contributed by atoms with Crippen molar-refractivity contribution in [2.45, 2.75) is 19.4 Å². The largest absolute Gasteiger partial charge is 0.493 e. The van der Waals surface area contributed by atoms with Gasteiger partial charge in [-0.25, -0.2) is 0 Å². The summed E-state index contributed by atoms with van der Waals surface area (Å²) in [5, 5.41) is 9.54. The second-order valence-electron chi connectivity index (χ2n) is 6.38. The summed E-state index contributed by atoms with van der Waals surface area (Å²) in [5.74, 6) is 0.272. The smallest absolute Gasteiger partial charge is 0.325 e. The van der Waals surface area contributed by atoms with Crippen molar-refractivity contribution in [2.24, 2.45) is 0 Å². The lowest BCUT2D eigenvalue weighted by Gasteiger charge is -2.22. The number of nitriles is 1. The molecule has 0 aliphatic rings. The Morgan fingerprint density at radius 3 is 2.47 bits per heavy atom. The third-order valence-electron chi connectivity index (χ3n) is 4.27. The molecular weight excluding hydrogens is 408 g/mol. The summed E-state index contributed by atoms with van der Waals surface area (Å²) in [6.07, 6.45) is 0.642. The fourth-order valence-corrected chi connectivity index (χ4v) is 2.81.